The number of hydrogen-bond donors (Lipinski definition) is 1. The molecule has 0 saturated heterocycles. The van der Waals surface area contributed by atoms with Crippen molar-refractivity contribution in [3.05, 3.63) is 42.5 Å². The Bertz CT molecular complexity index is 548. The lowest BCUT2D eigenvalue weighted by Gasteiger charge is -2.35. The summed E-state index contributed by atoms with van der Waals surface area (Å²) in [6.07, 6.45) is 6.16. The molecule has 0 radical (unpaired) electrons. The summed E-state index contributed by atoms with van der Waals surface area (Å²) in [7, 11) is 0. The van der Waals surface area contributed by atoms with Crippen LogP contribution in [0, 0.1) is 5.92 Å². The Morgan fingerprint density at radius 1 is 1.32 bits per heavy atom. The molecule has 0 aliphatic heterocycles. The predicted molar refractivity (Wildman–Crippen MR) is 74.9 cm³/mol. The third-order valence-electron chi connectivity index (χ3n) is 4.06. The fourth-order valence-electron chi connectivity index (χ4n) is 3.15. The van der Waals surface area contributed by atoms with Crippen LogP contribution in [0.5, 0.6) is 0 Å². The monoisotopic (exact) mass is 256 g/mol. The van der Waals surface area contributed by atoms with Crippen molar-refractivity contribution in [1.82, 2.24) is 14.8 Å². The molecular weight excluding hydrogens is 236 g/mol. The van der Waals surface area contributed by atoms with E-state index in [9.17, 15) is 0 Å². The zero-order chi connectivity index (χ0) is 13.3. The summed E-state index contributed by atoms with van der Waals surface area (Å²) >= 11 is 0. The summed E-state index contributed by atoms with van der Waals surface area (Å²) in [6, 6.07) is 10.2. The largest absolute Gasteiger partial charge is 0.319 e. The van der Waals surface area contributed by atoms with E-state index in [-0.39, 0.29) is 5.54 Å². The predicted octanol–water partition coefficient (Wildman–Crippen LogP) is 2.63. The summed E-state index contributed by atoms with van der Waals surface area (Å²) in [6.45, 7) is 2.27. The normalized spacial score (nSPS) is 27.4. The lowest BCUT2D eigenvalue weighted by Crippen LogP contribution is -2.43. The van der Waals surface area contributed by atoms with Crippen molar-refractivity contribution >= 4 is 0 Å². The molecule has 2 unspecified atom stereocenters. The lowest BCUT2D eigenvalue weighted by atomic mass is 9.76. The minimum absolute atomic E-state index is 0.343. The van der Waals surface area contributed by atoms with E-state index in [1.807, 2.05) is 22.8 Å². The minimum Gasteiger partial charge on any atom is -0.319 e. The highest BCUT2D eigenvalue weighted by atomic mass is 15.3. The van der Waals surface area contributed by atoms with Crippen LogP contribution in [-0.2, 0) is 5.54 Å². The topological polar surface area (TPSA) is 56.7 Å². The first-order valence-electron chi connectivity index (χ1n) is 6.94. The highest BCUT2D eigenvalue weighted by molar-refractivity contribution is 5.33. The van der Waals surface area contributed by atoms with Gasteiger partial charge in [0, 0.05) is 5.69 Å². The molecule has 19 heavy (non-hydrogen) atoms. The minimum atomic E-state index is -0.343. The molecule has 0 bridgehead atoms. The average Bonchev–Trinajstić information content (AvgIpc) is 2.89. The Morgan fingerprint density at radius 3 is 2.84 bits per heavy atom. The van der Waals surface area contributed by atoms with Crippen LogP contribution in [0.1, 0.15) is 38.4 Å². The lowest BCUT2D eigenvalue weighted by molar-refractivity contribution is 0.225. The highest BCUT2D eigenvalue weighted by Gasteiger charge is 2.37. The zero-order valence-corrected chi connectivity index (χ0v) is 11.3. The van der Waals surface area contributed by atoms with E-state index in [2.05, 4.69) is 29.3 Å². The van der Waals surface area contributed by atoms with Crippen molar-refractivity contribution < 1.29 is 0 Å². The molecule has 1 aliphatic carbocycles. The number of aromatic nitrogens is 3. The fraction of sp³-hybridized carbons (Fsp3) is 0.467. The van der Waals surface area contributed by atoms with Crippen LogP contribution in [-0.4, -0.2) is 14.8 Å². The van der Waals surface area contributed by atoms with Gasteiger partial charge in [0.05, 0.1) is 5.54 Å². The number of nitrogens with two attached hydrogens (primary N) is 1. The number of hydrogen-bond acceptors (Lipinski definition) is 3. The standard InChI is InChI=1S/C15H20N4/c1-12-6-5-9-15(16,10-12)14-18-17-11-19(14)13-7-3-2-4-8-13/h2-4,7-8,11-12H,5-6,9-10,16H2,1H3. The first kappa shape index (κ1) is 12.4. The van der Waals surface area contributed by atoms with E-state index in [1.54, 1.807) is 6.33 Å². The van der Waals surface area contributed by atoms with Crippen LogP contribution >= 0.6 is 0 Å². The summed E-state index contributed by atoms with van der Waals surface area (Å²) in [4.78, 5) is 0. The van der Waals surface area contributed by atoms with Crippen molar-refractivity contribution in [3.8, 4) is 5.69 Å². The number of para-hydroxylation sites is 1. The summed E-state index contributed by atoms with van der Waals surface area (Å²) < 4.78 is 2.03. The van der Waals surface area contributed by atoms with Crippen LogP contribution < -0.4 is 5.73 Å². The van der Waals surface area contributed by atoms with Crippen LogP contribution in [0.2, 0.25) is 0 Å². The molecule has 1 aromatic carbocycles. The van der Waals surface area contributed by atoms with Crippen LogP contribution in [0.3, 0.4) is 0 Å². The average molecular weight is 256 g/mol. The van der Waals surface area contributed by atoms with Gasteiger partial charge in [-0.15, -0.1) is 10.2 Å². The van der Waals surface area contributed by atoms with E-state index < -0.39 is 0 Å². The van der Waals surface area contributed by atoms with Gasteiger partial charge in [0.1, 0.15) is 6.33 Å². The van der Waals surface area contributed by atoms with Gasteiger partial charge in [0.25, 0.3) is 0 Å². The molecule has 1 aromatic heterocycles. The Kier molecular flexibility index (Phi) is 3.11. The van der Waals surface area contributed by atoms with Crippen LogP contribution in [0.25, 0.3) is 5.69 Å². The number of rotatable bonds is 2. The van der Waals surface area contributed by atoms with E-state index in [4.69, 9.17) is 5.73 Å². The maximum atomic E-state index is 6.63. The maximum Gasteiger partial charge on any atom is 0.157 e. The van der Waals surface area contributed by atoms with E-state index in [0.29, 0.717) is 5.92 Å². The van der Waals surface area contributed by atoms with Gasteiger partial charge in [-0.2, -0.15) is 0 Å². The van der Waals surface area contributed by atoms with Crippen molar-refractivity contribution in [1.29, 1.82) is 0 Å². The molecule has 0 spiro atoms. The number of nitrogens with zero attached hydrogens (tertiary/aromatic N) is 3. The first-order chi connectivity index (χ1) is 9.19. The van der Waals surface area contributed by atoms with Crippen molar-refractivity contribution in [3.63, 3.8) is 0 Å². The van der Waals surface area contributed by atoms with Gasteiger partial charge in [-0.25, -0.2) is 0 Å². The smallest absolute Gasteiger partial charge is 0.157 e. The van der Waals surface area contributed by atoms with Gasteiger partial charge in [0.15, 0.2) is 5.82 Å². The molecule has 4 heteroatoms. The fourth-order valence-corrected chi connectivity index (χ4v) is 3.15. The second-order valence-corrected chi connectivity index (χ2v) is 5.72. The van der Waals surface area contributed by atoms with Crippen molar-refractivity contribution in [2.75, 3.05) is 0 Å². The van der Waals surface area contributed by atoms with Gasteiger partial charge in [-0.1, -0.05) is 38.0 Å². The summed E-state index contributed by atoms with van der Waals surface area (Å²) in [5.74, 6) is 1.55. The molecule has 2 aromatic rings. The molecule has 1 heterocycles. The van der Waals surface area contributed by atoms with Gasteiger partial charge < -0.3 is 5.73 Å². The van der Waals surface area contributed by atoms with E-state index in [0.717, 1.165) is 24.4 Å². The summed E-state index contributed by atoms with van der Waals surface area (Å²) in [5.41, 5.74) is 7.36. The van der Waals surface area contributed by atoms with Gasteiger partial charge in [-0.05, 0) is 30.9 Å². The van der Waals surface area contributed by atoms with Crippen LogP contribution in [0.4, 0.5) is 0 Å². The Labute approximate surface area is 113 Å². The van der Waals surface area contributed by atoms with E-state index in [1.165, 1.54) is 12.8 Å². The molecule has 1 aliphatic rings. The van der Waals surface area contributed by atoms with Crippen molar-refractivity contribution in [2.24, 2.45) is 11.7 Å². The summed E-state index contributed by atoms with van der Waals surface area (Å²) in [5, 5.41) is 8.39. The third kappa shape index (κ3) is 2.28. The molecule has 0 amide bonds. The molecular formula is C15H20N4. The van der Waals surface area contributed by atoms with Gasteiger partial charge in [0.2, 0.25) is 0 Å². The molecule has 3 rings (SSSR count). The molecule has 2 N–H and O–H groups in total. The van der Waals surface area contributed by atoms with E-state index >= 15 is 0 Å². The first-order valence-corrected chi connectivity index (χ1v) is 6.94. The Balaban J connectivity index is 2.00. The van der Waals surface area contributed by atoms with Crippen molar-refractivity contribution in [2.45, 2.75) is 38.1 Å². The molecule has 4 nitrogen and oxygen atoms in total. The quantitative estimate of drug-likeness (QED) is 0.898. The second kappa shape index (κ2) is 4.78. The second-order valence-electron chi connectivity index (χ2n) is 5.72. The van der Waals surface area contributed by atoms with Gasteiger partial charge >= 0.3 is 0 Å². The Morgan fingerprint density at radius 2 is 2.11 bits per heavy atom. The maximum absolute atomic E-state index is 6.63. The molecule has 1 saturated carbocycles. The Hall–Kier alpha value is -1.68. The molecule has 2 atom stereocenters. The van der Waals surface area contributed by atoms with Crippen LogP contribution in [0.15, 0.2) is 36.7 Å². The molecule has 100 valence electrons. The highest BCUT2D eigenvalue weighted by Crippen LogP contribution is 2.37. The zero-order valence-electron chi connectivity index (χ0n) is 11.3. The third-order valence-corrected chi connectivity index (χ3v) is 4.06. The number of benzene rings is 1. The SMILES string of the molecule is CC1CCCC(N)(c2nncn2-c2ccccc2)C1. The molecule has 1 fully saturated rings. The van der Waals surface area contributed by atoms with Gasteiger partial charge in [-0.3, -0.25) is 4.57 Å².